The predicted molar refractivity (Wildman–Crippen MR) is 178 cm³/mol. The van der Waals surface area contributed by atoms with Gasteiger partial charge in [-0.25, -0.2) is 9.97 Å². The largest absolute Gasteiger partial charge is 0.481 e. The van der Waals surface area contributed by atoms with E-state index in [0.717, 1.165) is 80.2 Å². The number of hydrogen-bond donors (Lipinski definition) is 1. The van der Waals surface area contributed by atoms with E-state index in [4.69, 9.17) is 32.9 Å². The van der Waals surface area contributed by atoms with Crippen LogP contribution in [0.2, 0.25) is 10.0 Å². The molecule has 2 saturated heterocycles. The van der Waals surface area contributed by atoms with Crippen molar-refractivity contribution in [3.8, 4) is 28.3 Å². The lowest BCUT2D eigenvalue weighted by Gasteiger charge is -2.59. The highest BCUT2D eigenvalue weighted by Gasteiger charge is 2.51. The minimum absolute atomic E-state index is 0.242. The number of likely N-dealkylation sites (tertiary alicyclic amines) is 2. The first kappa shape index (κ1) is 30.7. The van der Waals surface area contributed by atoms with Crippen LogP contribution in [-0.2, 0) is 31.4 Å². The van der Waals surface area contributed by atoms with Crippen LogP contribution in [0.3, 0.4) is 0 Å². The number of benzene rings is 2. The summed E-state index contributed by atoms with van der Waals surface area (Å²) in [5.41, 5.74) is 6.54. The third-order valence-electron chi connectivity index (χ3n) is 9.33. The van der Waals surface area contributed by atoms with Crippen LogP contribution in [0.4, 0.5) is 5.69 Å². The summed E-state index contributed by atoms with van der Waals surface area (Å²) in [6.07, 6.45) is 1.77. The van der Waals surface area contributed by atoms with Gasteiger partial charge >= 0.3 is 0 Å². The molecule has 4 aromatic rings. The molecule has 46 heavy (non-hydrogen) atoms. The molecule has 12 heteroatoms. The number of anilines is 1. The molecule has 238 valence electrons. The minimum atomic E-state index is -0.321. The number of imidazole rings is 1. The summed E-state index contributed by atoms with van der Waals surface area (Å²) in [5.74, 6) is 0.582. The first-order valence-corrected chi connectivity index (χ1v) is 16.0. The number of nitrogens with zero attached hydrogens (tertiary/aromatic N) is 6. The van der Waals surface area contributed by atoms with Crippen molar-refractivity contribution < 1.29 is 14.3 Å². The van der Waals surface area contributed by atoms with Crippen LogP contribution in [0, 0.1) is 5.41 Å². The molecule has 0 radical (unpaired) electrons. The lowest BCUT2D eigenvalue weighted by atomic mass is 9.73. The predicted octanol–water partition coefficient (Wildman–Crippen LogP) is 4.98. The number of amides is 2. The van der Waals surface area contributed by atoms with Crippen molar-refractivity contribution in [2.45, 2.75) is 19.5 Å². The molecule has 2 aromatic carbocycles. The Bertz CT molecular complexity index is 1840. The molecular weight excluding hydrogens is 625 g/mol. The van der Waals surface area contributed by atoms with Gasteiger partial charge in [-0.2, -0.15) is 0 Å². The SMILES string of the molecule is COc1nc(-c2cccc(-c3cccc(NC(=O)c4nc5c(n4C)CCN(C)C5)c3Cl)c2Cl)ccc1CN1CC2(CN(C=O)C2)C1. The van der Waals surface area contributed by atoms with Gasteiger partial charge in [-0.15, -0.1) is 0 Å². The van der Waals surface area contributed by atoms with Gasteiger partial charge in [0, 0.05) is 92.6 Å². The van der Waals surface area contributed by atoms with Crippen molar-refractivity contribution in [3.63, 3.8) is 0 Å². The average molecular weight is 661 g/mol. The maximum atomic E-state index is 13.4. The minimum Gasteiger partial charge on any atom is -0.481 e. The van der Waals surface area contributed by atoms with E-state index in [-0.39, 0.29) is 11.3 Å². The molecule has 5 heterocycles. The molecule has 3 aliphatic heterocycles. The summed E-state index contributed by atoms with van der Waals surface area (Å²) < 4.78 is 7.58. The monoisotopic (exact) mass is 659 g/mol. The number of aromatic nitrogens is 3. The van der Waals surface area contributed by atoms with Gasteiger partial charge in [0.2, 0.25) is 12.3 Å². The maximum absolute atomic E-state index is 13.4. The molecule has 0 unspecified atom stereocenters. The number of rotatable bonds is 8. The Kier molecular flexibility index (Phi) is 8.01. The Morgan fingerprint density at radius 1 is 0.978 bits per heavy atom. The highest BCUT2D eigenvalue weighted by molar-refractivity contribution is 6.39. The molecule has 1 spiro atoms. The lowest BCUT2D eigenvalue weighted by molar-refractivity contribution is -0.147. The number of likely N-dealkylation sites (N-methyl/N-ethyl adjacent to an activating group) is 1. The smallest absolute Gasteiger partial charge is 0.291 e. The quantitative estimate of drug-likeness (QED) is 0.267. The number of pyridine rings is 1. The van der Waals surface area contributed by atoms with E-state index in [1.807, 2.05) is 66.0 Å². The molecule has 0 aliphatic carbocycles. The molecule has 10 nitrogen and oxygen atoms in total. The first-order chi connectivity index (χ1) is 22.2. The Labute approximate surface area is 277 Å². The molecule has 2 aromatic heterocycles. The van der Waals surface area contributed by atoms with Crippen LogP contribution < -0.4 is 10.1 Å². The van der Waals surface area contributed by atoms with E-state index in [1.165, 1.54) is 0 Å². The highest BCUT2D eigenvalue weighted by atomic mass is 35.5. The van der Waals surface area contributed by atoms with Gasteiger partial charge in [0.05, 0.1) is 34.2 Å². The zero-order chi connectivity index (χ0) is 32.2. The first-order valence-electron chi connectivity index (χ1n) is 15.3. The fourth-order valence-corrected chi connectivity index (χ4v) is 7.68. The lowest BCUT2D eigenvalue weighted by Crippen LogP contribution is -2.71. The molecule has 0 atom stereocenters. The number of nitrogens with one attached hydrogen (secondary N) is 1. The van der Waals surface area contributed by atoms with E-state index < -0.39 is 0 Å². The number of methoxy groups -OCH3 is 1. The van der Waals surface area contributed by atoms with Gasteiger partial charge in [0.25, 0.3) is 5.91 Å². The van der Waals surface area contributed by atoms with E-state index in [9.17, 15) is 9.59 Å². The number of ether oxygens (including phenoxy) is 1. The van der Waals surface area contributed by atoms with Gasteiger partial charge in [-0.3, -0.25) is 14.5 Å². The molecular formula is C34H35Cl2N7O3. The van der Waals surface area contributed by atoms with Crippen LogP contribution in [0.25, 0.3) is 22.4 Å². The van der Waals surface area contributed by atoms with Gasteiger partial charge in [-0.1, -0.05) is 59.6 Å². The van der Waals surface area contributed by atoms with E-state index in [1.54, 1.807) is 13.2 Å². The number of halogens is 2. The number of fused-ring (bicyclic) bond motifs is 1. The summed E-state index contributed by atoms with van der Waals surface area (Å²) in [6.45, 7) is 5.94. The average Bonchev–Trinajstić information content (AvgIpc) is 3.34. The van der Waals surface area contributed by atoms with Crippen LogP contribution in [-0.4, -0.2) is 88.4 Å². The van der Waals surface area contributed by atoms with Gasteiger partial charge in [-0.05, 0) is 19.2 Å². The van der Waals surface area contributed by atoms with Crippen LogP contribution in [0.15, 0.2) is 48.5 Å². The highest BCUT2D eigenvalue weighted by Crippen LogP contribution is 2.43. The molecule has 2 fully saturated rings. The molecule has 1 N–H and O–H groups in total. The van der Waals surface area contributed by atoms with Gasteiger partial charge < -0.3 is 24.4 Å². The Balaban J connectivity index is 1.11. The van der Waals surface area contributed by atoms with E-state index >= 15 is 0 Å². The van der Waals surface area contributed by atoms with Crippen molar-refractivity contribution in [3.05, 3.63) is 81.4 Å². The van der Waals surface area contributed by atoms with E-state index in [2.05, 4.69) is 20.1 Å². The number of carbonyl (C=O) groups excluding carboxylic acids is 2. The Morgan fingerprint density at radius 2 is 1.70 bits per heavy atom. The summed E-state index contributed by atoms with van der Waals surface area (Å²) in [4.78, 5) is 40.2. The maximum Gasteiger partial charge on any atom is 0.291 e. The second kappa shape index (κ2) is 12.0. The second-order valence-corrected chi connectivity index (χ2v) is 13.4. The van der Waals surface area contributed by atoms with Gasteiger partial charge in [0.15, 0.2) is 5.82 Å². The fraction of sp³-hybridized carbons (Fsp3) is 0.353. The standard InChI is InChI=1S/C34H35Cl2N7O3/c1-40-13-12-28-27(15-40)37-31(41(28)2)32(45)38-26-9-5-7-23(30(26)36)22-6-4-8-24(29(22)35)25-11-10-21(33(39-25)46-3)14-42-16-34(17-42)18-43(19-34)20-44/h4-11,20H,12-19H2,1-3H3,(H,38,45). The third-order valence-corrected chi connectivity index (χ3v) is 10.1. The van der Waals surface area contributed by atoms with Crippen molar-refractivity contribution in [2.24, 2.45) is 12.5 Å². The van der Waals surface area contributed by atoms with Crippen LogP contribution in [0.5, 0.6) is 5.88 Å². The topological polar surface area (TPSA) is 95.8 Å². The van der Waals surface area contributed by atoms with Crippen LogP contribution in [0.1, 0.15) is 27.6 Å². The zero-order valence-corrected chi connectivity index (χ0v) is 27.5. The zero-order valence-electron chi connectivity index (χ0n) is 26.0. The van der Waals surface area contributed by atoms with Crippen molar-refractivity contribution in [1.82, 2.24) is 29.2 Å². The third kappa shape index (κ3) is 5.43. The molecule has 2 amide bonds. The van der Waals surface area contributed by atoms with Crippen molar-refractivity contribution in [2.75, 3.05) is 52.2 Å². The summed E-state index contributed by atoms with van der Waals surface area (Å²) in [7, 11) is 5.55. The van der Waals surface area contributed by atoms with Crippen LogP contribution >= 0.6 is 23.2 Å². The van der Waals surface area contributed by atoms with E-state index in [0.29, 0.717) is 45.2 Å². The second-order valence-electron chi connectivity index (χ2n) is 12.7. The summed E-state index contributed by atoms with van der Waals surface area (Å²) in [6, 6.07) is 15.2. The van der Waals surface area contributed by atoms with Crippen molar-refractivity contribution in [1.29, 1.82) is 0 Å². The van der Waals surface area contributed by atoms with Crippen molar-refractivity contribution >= 4 is 41.2 Å². The molecule has 0 saturated carbocycles. The number of carbonyl (C=O) groups is 2. The molecule has 7 rings (SSSR count). The Hall–Kier alpha value is -3.96. The Morgan fingerprint density at radius 3 is 2.43 bits per heavy atom. The summed E-state index contributed by atoms with van der Waals surface area (Å²) in [5, 5.41) is 3.84. The number of hydrogen-bond acceptors (Lipinski definition) is 7. The molecule has 3 aliphatic rings. The normalized spacial score (nSPS) is 17.3. The molecule has 0 bridgehead atoms. The summed E-state index contributed by atoms with van der Waals surface area (Å²) >= 11 is 14.0. The van der Waals surface area contributed by atoms with Gasteiger partial charge in [0.1, 0.15) is 0 Å². The fourth-order valence-electron chi connectivity index (χ4n) is 7.08.